The van der Waals surface area contributed by atoms with E-state index in [2.05, 4.69) is 17.2 Å². The molecule has 2 aromatic rings. The van der Waals surface area contributed by atoms with E-state index < -0.39 is 0 Å². The summed E-state index contributed by atoms with van der Waals surface area (Å²) in [6.07, 6.45) is 0. The Kier molecular flexibility index (Phi) is 4.80. The highest BCUT2D eigenvalue weighted by Gasteiger charge is 2.10. The topological polar surface area (TPSA) is 55.1 Å². The van der Waals surface area contributed by atoms with E-state index in [1.54, 1.807) is 24.3 Å². The van der Waals surface area contributed by atoms with Crippen LogP contribution in [0.1, 0.15) is 20.1 Å². The highest BCUT2D eigenvalue weighted by atomic mass is 35.5. The smallest absolute Gasteiger partial charge is 0.265 e. The first-order chi connectivity index (χ1) is 9.60. The van der Waals surface area contributed by atoms with Crippen LogP contribution in [0.4, 0.5) is 5.69 Å². The van der Waals surface area contributed by atoms with Crippen molar-refractivity contribution in [1.29, 1.82) is 0 Å². The number of aryl methyl sites for hydroxylation is 1. The van der Waals surface area contributed by atoms with Crippen molar-refractivity contribution in [3.05, 3.63) is 50.7 Å². The Hall–Kier alpha value is -1.80. The molecule has 0 fully saturated rings. The van der Waals surface area contributed by atoms with Crippen molar-refractivity contribution in [2.75, 3.05) is 11.9 Å². The SMILES string of the molecule is Cc1ccc(C(=O)Nc2ccc(Cl)cc2C#CCN)s1. The van der Waals surface area contributed by atoms with Gasteiger partial charge in [-0.1, -0.05) is 23.4 Å². The molecule has 0 spiro atoms. The van der Waals surface area contributed by atoms with Crippen molar-refractivity contribution < 1.29 is 4.79 Å². The van der Waals surface area contributed by atoms with Crippen molar-refractivity contribution in [2.24, 2.45) is 5.73 Å². The number of rotatable bonds is 2. The third-order valence-electron chi connectivity index (χ3n) is 2.52. The molecule has 5 heteroatoms. The minimum Gasteiger partial charge on any atom is -0.320 e. The third-order valence-corrected chi connectivity index (χ3v) is 3.75. The van der Waals surface area contributed by atoms with E-state index >= 15 is 0 Å². The van der Waals surface area contributed by atoms with Gasteiger partial charge in [-0.3, -0.25) is 4.79 Å². The van der Waals surface area contributed by atoms with Crippen LogP contribution in [0.3, 0.4) is 0 Å². The van der Waals surface area contributed by atoms with Gasteiger partial charge < -0.3 is 11.1 Å². The zero-order valence-corrected chi connectivity index (χ0v) is 12.4. The fraction of sp³-hybridized carbons (Fsp3) is 0.133. The van der Waals surface area contributed by atoms with Crippen molar-refractivity contribution in [3.8, 4) is 11.8 Å². The zero-order chi connectivity index (χ0) is 14.5. The summed E-state index contributed by atoms with van der Waals surface area (Å²) in [4.78, 5) is 13.9. The molecule has 0 aliphatic heterocycles. The number of thiophene rings is 1. The van der Waals surface area contributed by atoms with Crippen molar-refractivity contribution in [1.82, 2.24) is 0 Å². The molecule has 0 saturated heterocycles. The van der Waals surface area contributed by atoms with E-state index in [1.807, 2.05) is 13.0 Å². The molecule has 3 N–H and O–H groups in total. The van der Waals surface area contributed by atoms with E-state index in [0.717, 1.165) is 4.88 Å². The van der Waals surface area contributed by atoms with E-state index in [4.69, 9.17) is 17.3 Å². The number of hydrogen-bond donors (Lipinski definition) is 2. The van der Waals surface area contributed by atoms with Gasteiger partial charge in [0.15, 0.2) is 0 Å². The van der Waals surface area contributed by atoms with E-state index in [9.17, 15) is 4.79 Å². The summed E-state index contributed by atoms with van der Waals surface area (Å²) in [6.45, 7) is 2.21. The third kappa shape index (κ3) is 3.61. The number of nitrogens with two attached hydrogens (primary N) is 1. The molecule has 0 saturated carbocycles. The summed E-state index contributed by atoms with van der Waals surface area (Å²) in [6, 6.07) is 8.87. The van der Waals surface area contributed by atoms with Gasteiger partial charge in [0.05, 0.1) is 17.1 Å². The molecule has 0 atom stereocenters. The molecule has 1 amide bonds. The average molecular weight is 305 g/mol. The molecule has 0 radical (unpaired) electrons. The summed E-state index contributed by atoms with van der Waals surface area (Å²) in [5.74, 6) is 5.51. The van der Waals surface area contributed by atoms with E-state index in [1.165, 1.54) is 11.3 Å². The van der Waals surface area contributed by atoms with Crippen molar-refractivity contribution >= 4 is 34.5 Å². The number of carbonyl (C=O) groups is 1. The van der Waals surface area contributed by atoms with Crippen LogP contribution in [0, 0.1) is 18.8 Å². The Morgan fingerprint density at radius 3 is 2.85 bits per heavy atom. The van der Waals surface area contributed by atoms with Gasteiger partial charge in [-0.15, -0.1) is 11.3 Å². The maximum absolute atomic E-state index is 12.1. The summed E-state index contributed by atoms with van der Waals surface area (Å²) < 4.78 is 0. The minimum absolute atomic E-state index is 0.152. The quantitative estimate of drug-likeness (QED) is 0.837. The van der Waals surface area contributed by atoms with Crippen LogP contribution in [0.15, 0.2) is 30.3 Å². The van der Waals surface area contributed by atoms with Gasteiger partial charge in [0.1, 0.15) is 0 Å². The Balaban J connectivity index is 2.26. The van der Waals surface area contributed by atoms with Crippen LogP contribution in [-0.4, -0.2) is 12.5 Å². The molecule has 0 aliphatic carbocycles. The molecule has 102 valence electrons. The number of halogens is 1. The predicted molar refractivity (Wildman–Crippen MR) is 84.4 cm³/mol. The zero-order valence-electron chi connectivity index (χ0n) is 10.9. The lowest BCUT2D eigenvalue weighted by molar-refractivity contribution is 0.103. The van der Waals surface area contributed by atoms with Crippen LogP contribution in [0.5, 0.6) is 0 Å². The highest BCUT2D eigenvalue weighted by molar-refractivity contribution is 7.14. The summed E-state index contributed by atoms with van der Waals surface area (Å²) >= 11 is 7.39. The molecule has 20 heavy (non-hydrogen) atoms. The fourth-order valence-corrected chi connectivity index (χ4v) is 2.55. The molecule has 1 aromatic carbocycles. The Labute approximate surface area is 126 Å². The largest absolute Gasteiger partial charge is 0.320 e. The Bertz CT molecular complexity index is 697. The molecule has 1 aromatic heterocycles. The highest BCUT2D eigenvalue weighted by Crippen LogP contribution is 2.22. The maximum Gasteiger partial charge on any atom is 0.265 e. The summed E-state index contributed by atoms with van der Waals surface area (Å²) in [7, 11) is 0. The molecular formula is C15H13ClN2OS. The number of carbonyl (C=O) groups excluding carboxylic acids is 1. The molecule has 3 nitrogen and oxygen atoms in total. The number of amides is 1. The fourth-order valence-electron chi connectivity index (χ4n) is 1.62. The van der Waals surface area contributed by atoms with E-state index in [-0.39, 0.29) is 12.5 Å². The first kappa shape index (κ1) is 14.6. The summed E-state index contributed by atoms with van der Waals surface area (Å²) in [5, 5.41) is 3.41. The second-order valence-corrected chi connectivity index (χ2v) is 5.78. The molecular weight excluding hydrogens is 292 g/mol. The normalized spacial score (nSPS) is 9.75. The van der Waals surface area contributed by atoms with Gasteiger partial charge in [-0.05, 0) is 37.3 Å². The van der Waals surface area contributed by atoms with Gasteiger partial charge in [0.2, 0.25) is 0 Å². The molecule has 0 aliphatic rings. The maximum atomic E-state index is 12.1. The van der Waals surface area contributed by atoms with Crippen molar-refractivity contribution in [3.63, 3.8) is 0 Å². The number of hydrogen-bond acceptors (Lipinski definition) is 3. The van der Waals surface area contributed by atoms with Gasteiger partial charge in [0.25, 0.3) is 5.91 Å². The number of nitrogens with one attached hydrogen (secondary N) is 1. The second kappa shape index (κ2) is 6.58. The Morgan fingerprint density at radius 1 is 1.40 bits per heavy atom. The first-order valence-electron chi connectivity index (χ1n) is 5.96. The standard InChI is InChI=1S/C15H13ClN2OS/c1-10-4-7-14(20-10)15(19)18-13-6-5-12(16)9-11(13)3-2-8-17/h4-7,9H,8,17H2,1H3,(H,18,19). The van der Waals surface area contributed by atoms with Crippen LogP contribution in [-0.2, 0) is 0 Å². The average Bonchev–Trinajstić information content (AvgIpc) is 2.85. The van der Waals surface area contributed by atoms with Crippen LogP contribution in [0.2, 0.25) is 5.02 Å². The van der Waals surface area contributed by atoms with Gasteiger partial charge in [0, 0.05) is 15.5 Å². The van der Waals surface area contributed by atoms with E-state index in [0.29, 0.717) is 21.2 Å². The van der Waals surface area contributed by atoms with Crippen molar-refractivity contribution in [2.45, 2.75) is 6.92 Å². The minimum atomic E-state index is -0.152. The second-order valence-electron chi connectivity index (χ2n) is 4.06. The van der Waals surface area contributed by atoms with Gasteiger partial charge in [-0.25, -0.2) is 0 Å². The first-order valence-corrected chi connectivity index (χ1v) is 7.16. The molecule has 1 heterocycles. The molecule has 0 unspecified atom stereocenters. The lowest BCUT2D eigenvalue weighted by atomic mass is 10.1. The lowest BCUT2D eigenvalue weighted by Crippen LogP contribution is -2.11. The monoisotopic (exact) mass is 304 g/mol. The van der Waals surface area contributed by atoms with Crippen LogP contribution in [0.25, 0.3) is 0 Å². The van der Waals surface area contributed by atoms with Gasteiger partial charge in [-0.2, -0.15) is 0 Å². The molecule has 2 rings (SSSR count). The number of anilines is 1. The van der Waals surface area contributed by atoms with Crippen LogP contribution < -0.4 is 11.1 Å². The lowest BCUT2D eigenvalue weighted by Gasteiger charge is -2.07. The summed E-state index contributed by atoms with van der Waals surface area (Å²) in [5.41, 5.74) is 6.66. The van der Waals surface area contributed by atoms with Gasteiger partial charge >= 0.3 is 0 Å². The Morgan fingerprint density at radius 2 is 2.20 bits per heavy atom. The predicted octanol–water partition coefficient (Wildman–Crippen LogP) is 3.27. The van der Waals surface area contributed by atoms with Crippen LogP contribution >= 0.6 is 22.9 Å². The number of benzene rings is 1. The molecule has 0 bridgehead atoms.